The number of carbonyl (C=O) groups is 1. The van der Waals surface area contributed by atoms with Crippen LogP contribution in [0.3, 0.4) is 0 Å². The minimum atomic E-state index is -0.700. The van der Waals surface area contributed by atoms with Gasteiger partial charge in [0.05, 0.1) is 16.5 Å². The summed E-state index contributed by atoms with van der Waals surface area (Å²) in [6, 6.07) is 9.27. The molecule has 144 valence electrons. The molecule has 0 atom stereocenters. The van der Waals surface area contributed by atoms with E-state index < -0.39 is 15.9 Å². The van der Waals surface area contributed by atoms with Crippen LogP contribution in [0.25, 0.3) is 0 Å². The first kappa shape index (κ1) is 21.4. The van der Waals surface area contributed by atoms with Crippen molar-refractivity contribution >= 4 is 28.8 Å². The van der Waals surface area contributed by atoms with Gasteiger partial charge in [-0.15, -0.1) is 0 Å². The lowest BCUT2D eigenvalue weighted by Gasteiger charge is -2.06. The normalized spacial score (nSPS) is 9.59. The lowest BCUT2D eigenvalue weighted by Crippen LogP contribution is -2.14. The zero-order valence-corrected chi connectivity index (χ0v) is 15.1. The van der Waals surface area contributed by atoms with Gasteiger partial charge >= 0.3 is 6.09 Å². The van der Waals surface area contributed by atoms with E-state index >= 15 is 0 Å². The van der Waals surface area contributed by atoms with Crippen LogP contribution in [0.1, 0.15) is 18.1 Å². The Hall–Kier alpha value is -3.69. The first-order chi connectivity index (χ1) is 12.6. The summed E-state index contributed by atoms with van der Waals surface area (Å²) < 4.78 is 4.64. The molecule has 1 amide bonds. The van der Waals surface area contributed by atoms with E-state index in [2.05, 4.69) is 10.1 Å². The number of nitro groups is 2. The molecular formula is C17H20N4O6. The van der Waals surface area contributed by atoms with E-state index in [-0.39, 0.29) is 29.4 Å². The first-order valence-electron chi connectivity index (χ1n) is 7.85. The number of hydrogen-bond donors (Lipinski definition) is 2. The fourth-order valence-corrected chi connectivity index (χ4v) is 1.99. The maximum absolute atomic E-state index is 11.1. The summed E-state index contributed by atoms with van der Waals surface area (Å²) in [4.78, 5) is 31.1. The van der Waals surface area contributed by atoms with E-state index in [1.54, 1.807) is 32.9 Å². The van der Waals surface area contributed by atoms with E-state index in [0.717, 1.165) is 11.1 Å². The number of hydrogen-bond acceptors (Lipinski definition) is 7. The van der Waals surface area contributed by atoms with Crippen molar-refractivity contribution in [1.82, 2.24) is 0 Å². The van der Waals surface area contributed by atoms with E-state index in [0.29, 0.717) is 0 Å². The fraction of sp³-hybridized carbons (Fsp3) is 0.235. The van der Waals surface area contributed by atoms with Gasteiger partial charge < -0.3 is 10.5 Å². The summed E-state index contributed by atoms with van der Waals surface area (Å²) in [7, 11) is 0. The number of carbonyl (C=O) groups excluding carboxylic acids is 1. The number of nitro benzene ring substituents is 2. The van der Waals surface area contributed by atoms with Gasteiger partial charge in [-0.25, -0.2) is 4.79 Å². The number of amides is 1. The third-order valence-electron chi connectivity index (χ3n) is 3.24. The van der Waals surface area contributed by atoms with Crippen LogP contribution in [0, 0.1) is 34.1 Å². The minimum Gasteiger partial charge on any atom is -0.450 e. The Labute approximate surface area is 155 Å². The van der Waals surface area contributed by atoms with Gasteiger partial charge in [0.1, 0.15) is 11.4 Å². The highest BCUT2D eigenvalue weighted by Crippen LogP contribution is 2.25. The zero-order valence-electron chi connectivity index (χ0n) is 15.1. The van der Waals surface area contributed by atoms with E-state index in [4.69, 9.17) is 5.73 Å². The van der Waals surface area contributed by atoms with Crippen LogP contribution in [0.2, 0.25) is 0 Å². The van der Waals surface area contributed by atoms with Crippen molar-refractivity contribution in [2.24, 2.45) is 0 Å². The Morgan fingerprint density at radius 3 is 2.04 bits per heavy atom. The van der Waals surface area contributed by atoms with Crippen molar-refractivity contribution in [3.05, 3.63) is 67.8 Å². The van der Waals surface area contributed by atoms with E-state index in [1.165, 1.54) is 24.3 Å². The van der Waals surface area contributed by atoms with Crippen molar-refractivity contribution in [3.63, 3.8) is 0 Å². The Balaban J connectivity index is 0.000000289. The molecule has 0 aliphatic carbocycles. The van der Waals surface area contributed by atoms with Gasteiger partial charge in [0.25, 0.3) is 11.4 Å². The van der Waals surface area contributed by atoms with Gasteiger partial charge in [0.15, 0.2) is 0 Å². The third kappa shape index (κ3) is 6.61. The predicted molar refractivity (Wildman–Crippen MR) is 101 cm³/mol. The van der Waals surface area contributed by atoms with Crippen LogP contribution in [0.4, 0.5) is 27.5 Å². The third-order valence-corrected chi connectivity index (χ3v) is 3.24. The average molecular weight is 376 g/mol. The molecule has 0 aliphatic rings. The number of aryl methyl sites for hydroxylation is 2. The number of ether oxygens (including phenoxy) is 1. The summed E-state index contributed by atoms with van der Waals surface area (Å²) in [5.41, 5.74) is 7.11. The molecule has 0 radical (unpaired) electrons. The second-order valence-electron chi connectivity index (χ2n) is 5.44. The van der Waals surface area contributed by atoms with Crippen molar-refractivity contribution in [1.29, 1.82) is 0 Å². The average Bonchev–Trinajstić information content (AvgIpc) is 2.59. The van der Waals surface area contributed by atoms with E-state index in [9.17, 15) is 25.0 Å². The molecule has 0 unspecified atom stereocenters. The summed E-state index contributed by atoms with van der Waals surface area (Å²) in [6.45, 7) is 5.39. The van der Waals surface area contributed by atoms with Crippen molar-refractivity contribution < 1.29 is 19.4 Å². The van der Waals surface area contributed by atoms with Gasteiger partial charge in [-0.1, -0.05) is 12.1 Å². The van der Waals surface area contributed by atoms with Crippen molar-refractivity contribution in [2.75, 3.05) is 17.7 Å². The second-order valence-corrected chi connectivity index (χ2v) is 5.44. The quantitative estimate of drug-likeness (QED) is 0.465. The monoisotopic (exact) mass is 376 g/mol. The molecule has 10 nitrogen and oxygen atoms in total. The molecule has 0 fully saturated rings. The SMILES string of the molecule is CCOC(=O)Nc1ccc(C)cc1[N+](=O)[O-].Cc1ccc(N)c([N+](=O)[O-])c1. The maximum atomic E-state index is 11.1. The largest absolute Gasteiger partial charge is 0.450 e. The smallest absolute Gasteiger partial charge is 0.411 e. The molecule has 2 aromatic rings. The molecule has 0 aromatic heterocycles. The van der Waals surface area contributed by atoms with Crippen molar-refractivity contribution in [3.8, 4) is 0 Å². The Morgan fingerprint density at radius 1 is 1.04 bits per heavy atom. The summed E-state index contributed by atoms with van der Waals surface area (Å²) in [5, 5.41) is 23.3. The van der Waals surface area contributed by atoms with Gasteiger partial charge in [0.2, 0.25) is 0 Å². The molecule has 2 rings (SSSR count). The van der Waals surface area contributed by atoms with Crippen LogP contribution >= 0.6 is 0 Å². The number of benzene rings is 2. The molecule has 0 heterocycles. The topological polar surface area (TPSA) is 151 Å². The highest BCUT2D eigenvalue weighted by molar-refractivity contribution is 5.87. The van der Waals surface area contributed by atoms with Crippen LogP contribution < -0.4 is 11.1 Å². The molecule has 0 saturated heterocycles. The molecule has 0 aliphatic heterocycles. The molecule has 3 N–H and O–H groups in total. The fourth-order valence-electron chi connectivity index (χ4n) is 1.99. The summed E-state index contributed by atoms with van der Waals surface area (Å²) in [6.07, 6.45) is -0.700. The molecule has 2 aromatic carbocycles. The van der Waals surface area contributed by atoms with Gasteiger partial charge in [-0.05, 0) is 44.0 Å². The van der Waals surface area contributed by atoms with Crippen LogP contribution in [0.5, 0.6) is 0 Å². The number of anilines is 2. The Kier molecular flexibility index (Phi) is 7.68. The van der Waals surface area contributed by atoms with Gasteiger partial charge in [-0.2, -0.15) is 0 Å². The minimum absolute atomic E-state index is 0.0231. The number of rotatable bonds is 4. The standard InChI is InChI=1S/C10H12N2O4.C7H8N2O2/c1-3-16-10(13)11-8-5-4-7(2)6-9(8)12(14)15;1-5-2-3-6(8)7(4-5)9(10)11/h4-6H,3H2,1-2H3,(H,11,13);2-4H,8H2,1H3. The maximum Gasteiger partial charge on any atom is 0.411 e. The van der Waals surface area contributed by atoms with Crippen LogP contribution in [-0.2, 0) is 4.74 Å². The molecule has 27 heavy (non-hydrogen) atoms. The number of nitrogens with two attached hydrogens (primary N) is 1. The predicted octanol–water partition coefficient (Wildman–Crippen LogP) is 3.96. The molecule has 0 bridgehead atoms. The Morgan fingerprint density at radius 2 is 1.56 bits per heavy atom. The Bertz CT molecular complexity index is 853. The number of nitrogen functional groups attached to an aromatic ring is 1. The van der Waals surface area contributed by atoms with Crippen molar-refractivity contribution in [2.45, 2.75) is 20.8 Å². The lowest BCUT2D eigenvalue weighted by molar-refractivity contribution is -0.384. The second kappa shape index (κ2) is 9.70. The highest BCUT2D eigenvalue weighted by atomic mass is 16.6. The molecule has 0 saturated carbocycles. The highest BCUT2D eigenvalue weighted by Gasteiger charge is 2.16. The van der Waals surface area contributed by atoms with Gasteiger partial charge in [0, 0.05) is 12.1 Å². The number of nitrogens with zero attached hydrogens (tertiary/aromatic N) is 2. The first-order valence-corrected chi connectivity index (χ1v) is 7.85. The number of nitrogens with one attached hydrogen (secondary N) is 1. The zero-order chi connectivity index (χ0) is 20.6. The van der Waals surface area contributed by atoms with E-state index in [1.807, 2.05) is 0 Å². The molecular weight excluding hydrogens is 356 g/mol. The summed E-state index contributed by atoms with van der Waals surface area (Å²) >= 11 is 0. The lowest BCUT2D eigenvalue weighted by atomic mass is 10.2. The summed E-state index contributed by atoms with van der Waals surface area (Å²) in [5.74, 6) is 0. The van der Waals surface area contributed by atoms with Crippen LogP contribution in [0.15, 0.2) is 36.4 Å². The molecule has 10 heteroatoms. The molecule has 0 spiro atoms. The van der Waals surface area contributed by atoms with Gasteiger partial charge in [-0.3, -0.25) is 25.5 Å². The van der Waals surface area contributed by atoms with Crippen LogP contribution in [-0.4, -0.2) is 22.5 Å².